The maximum atomic E-state index is 12.8. The number of nitrogens with two attached hydrogens (primary N) is 1. The maximum Gasteiger partial charge on any atom is 0.275 e. The first-order valence-electron chi connectivity index (χ1n) is 10.6. The van der Waals surface area contributed by atoms with E-state index in [0.717, 1.165) is 11.3 Å². The Morgan fingerprint density at radius 2 is 1.82 bits per heavy atom. The van der Waals surface area contributed by atoms with Crippen LogP contribution in [-0.4, -0.2) is 56.2 Å². The molecule has 3 aromatic heterocycles. The van der Waals surface area contributed by atoms with Gasteiger partial charge in [-0.1, -0.05) is 6.58 Å². The summed E-state index contributed by atoms with van der Waals surface area (Å²) in [6.45, 7) is 6.91. The number of amides is 4. The van der Waals surface area contributed by atoms with Gasteiger partial charge in [0.25, 0.3) is 23.6 Å². The summed E-state index contributed by atoms with van der Waals surface area (Å²) in [4.78, 5) is 56.3. The van der Waals surface area contributed by atoms with Crippen molar-refractivity contribution in [2.75, 3.05) is 22.5 Å². The summed E-state index contributed by atoms with van der Waals surface area (Å²) in [6.07, 6.45) is 1.66. The molecule has 14 nitrogen and oxygen atoms in total. The number of thiazole rings is 1. The Kier molecular flexibility index (Phi) is 10.3. The van der Waals surface area contributed by atoms with E-state index in [1.807, 2.05) is 0 Å². The van der Waals surface area contributed by atoms with Gasteiger partial charge in [0.1, 0.15) is 17.1 Å². The Balaban J connectivity index is 0.00000507. The van der Waals surface area contributed by atoms with Gasteiger partial charge in [0.2, 0.25) is 0 Å². The summed E-state index contributed by atoms with van der Waals surface area (Å²) in [6, 6.07) is 0. The molecule has 202 valence electrons. The number of aromatic amines is 2. The number of nitrogens with zero attached hydrogens (tertiary/aromatic N) is 2. The first-order chi connectivity index (χ1) is 17.5. The van der Waals surface area contributed by atoms with Crippen LogP contribution in [0, 0.1) is 19.3 Å². The lowest BCUT2D eigenvalue weighted by atomic mass is 10.2. The number of H-pyrrole nitrogens is 2. The van der Waals surface area contributed by atoms with E-state index >= 15 is 0 Å². The van der Waals surface area contributed by atoms with Crippen molar-refractivity contribution in [1.29, 1.82) is 5.41 Å². The number of anilines is 3. The van der Waals surface area contributed by atoms with Crippen LogP contribution in [0.2, 0.25) is 0 Å². The van der Waals surface area contributed by atoms with Crippen molar-refractivity contribution >= 4 is 85.8 Å². The molecule has 0 unspecified atom stereocenters. The molecule has 0 atom stereocenters. The van der Waals surface area contributed by atoms with Crippen molar-refractivity contribution in [3.63, 3.8) is 0 Å². The molecule has 0 aliphatic heterocycles. The zero-order valence-corrected chi connectivity index (χ0v) is 23.3. The molecule has 4 amide bonds. The Labute approximate surface area is 234 Å². The van der Waals surface area contributed by atoms with Crippen molar-refractivity contribution in [2.24, 2.45) is 5.73 Å². The van der Waals surface area contributed by atoms with Gasteiger partial charge < -0.3 is 26.7 Å². The molecule has 0 radical (unpaired) electrons. The normalized spacial score (nSPS) is 10.2. The third-order valence-electron chi connectivity index (χ3n) is 4.97. The lowest BCUT2D eigenvalue weighted by Gasteiger charge is -2.06. The van der Waals surface area contributed by atoms with Crippen LogP contribution in [0.4, 0.5) is 16.6 Å². The molecule has 38 heavy (non-hydrogen) atoms. The van der Waals surface area contributed by atoms with Gasteiger partial charge in [-0.25, -0.2) is 4.98 Å². The number of aromatic nitrogens is 4. The standard InChI is InChI=1S/C21H23BrN10O4S.ClH/c1-8-11(27-18(34)12-7-37-21(28-12)30-17(33)10(3)22)6-26-14(8)20(36)29-16-9(2)15(31-32-16)19(35)25-5-4-13(23)24;/h6-7,26H,3-5H2,1-2H3,(H3,23,24)(H,25,35)(H,27,34)(H,28,30,33)(H2,29,31,32,36);1H. The zero-order chi connectivity index (χ0) is 27.3. The molecule has 3 heterocycles. The monoisotopic (exact) mass is 626 g/mol. The van der Waals surface area contributed by atoms with Crippen LogP contribution in [0.3, 0.4) is 0 Å². The molecular weight excluding hydrogens is 604 g/mol. The number of hydrogen-bond donors (Lipinski definition) is 8. The van der Waals surface area contributed by atoms with Gasteiger partial charge in [0.15, 0.2) is 10.9 Å². The number of nitrogens with one attached hydrogen (secondary N) is 7. The lowest BCUT2D eigenvalue weighted by molar-refractivity contribution is -0.112. The molecule has 0 aliphatic carbocycles. The van der Waals surface area contributed by atoms with Crippen LogP contribution in [0.5, 0.6) is 0 Å². The van der Waals surface area contributed by atoms with Gasteiger partial charge in [0.05, 0.1) is 16.0 Å². The minimum absolute atomic E-state index is 0. The maximum absolute atomic E-state index is 12.8. The zero-order valence-electron chi connectivity index (χ0n) is 20.1. The Morgan fingerprint density at radius 3 is 2.47 bits per heavy atom. The van der Waals surface area contributed by atoms with Crippen LogP contribution in [0.25, 0.3) is 0 Å². The molecule has 0 fully saturated rings. The van der Waals surface area contributed by atoms with E-state index in [9.17, 15) is 19.2 Å². The highest BCUT2D eigenvalue weighted by molar-refractivity contribution is 9.12. The average molecular weight is 628 g/mol. The van der Waals surface area contributed by atoms with Crippen LogP contribution in [-0.2, 0) is 4.79 Å². The molecule has 17 heteroatoms. The molecule has 0 saturated carbocycles. The molecule has 0 saturated heterocycles. The second kappa shape index (κ2) is 13.0. The number of hydrogen-bond acceptors (Lipinski definition) is 8. The summed E-state index contributed by atoms with van der Waals surface area (Å²) in [5, 5.41) is 25.9. The predicted molar refractivity (Wildman–Crippen MR) is 150 cm³/mol. The van der Waals surface area contributed by atoms with Gasteiger partial charge in [-0.15, -0.1) is 23.7 Å². The van der Waals surface area contributed by atoms with Crippen molar-refractivity contribution in [2.45, 2.75) is 20.3 Å². The third kappa shape index (κ3) is 7.27. The first kappa shape index (κ1) is 30.2. The minimum Gasteiger partial charge on any atom is -0.388 e. The fourth-order valence-electron chi connectivity index (χ4n) is 2.96. The van der Waals surface area contributed by atoms with E-state index in [0.29, 0.717) is 16.8 Å². The van der Waals surface area contributed by atoms with E-state index in [1.165, 1.54) is 11.6 Å². The van der Waals surface area contributed by atoms with Gasteiger partial charge >= 0.3 is 0 Å². The van der Waals surface area contributed by atoms with Crippen LogP contribution >= 0.6 is 39.7 Å². The summed E-state index contributed by atoms with van der Waals surface area (Å²) in [7, 11) is 0. The summed E-state index contributed by atoms with van der Waals surface area (Å²) < 4.78 is 0.122. The summed E-state index contributed by atoms with van der Waals surface area (Å²) in [5.41, 5.74) is 6.92. The molecular formula is C21H24BrClN10O4S. The number of amidine groups is 1. The Hall–Kier alpha value is -4.02. The molecule has 3 aromatic rings. The second-order valence-corrected chi connectivity index (χ2v) is 9.43. The van der Waals surface area contributed by atoms with E-state index in [2.05, 4.69) is 63.9 Å². The highest BCUT2D eigenvalue weighted by atomic mass is 79.9. The molecule has 0 bridgehead atoms. The largest absolute Gasteiger partial charge is 0.388 e. The van der Waals surface area contributed by atoms with Crippen LogP contribution < -0.4 is 27.0 Å². The van der Waals surface area contributed by atoms with Gasteiger partial charge in [-0.05, 0) is 29.8 Å². The van der Waals surface area contributed by atoms with E-state index in [-0.39, 0.29) is 63.7 Å². The topological polar surface area (TPSA) is 224 Å². The van der Waals surface area contributed by atoms with Crippen LogP contribution in [0.15, 0.2) is 22.6 Å². The molecule has 0 spiro atoms. The van der Waals surface area contributed by atoms with E-state index < -0.39 is 23.6 Å². The predicted octanol–water partition coefficient (Wildman–Crippen LogP) is 2.64. The van der Waals surface area contributed by atoms with E-state index in [4.69, 9.17) is 11.1 Å². The number of rotatable bonds is 10. The minimum atomic E-state index is -0.537. The lowest BCUT2D eigenvalue weighted by Crippen LogP contribution is -2.28. The van der Waals surface area contributed by atoms with Crippen molar-refractivity contribution in [1.82, 2.24) is 25.5 Å². The fraction of sp³-hybridized carbons (Fsp3) is 0.190. The number of halogens is 2. The van der Waals surface area contributed by atoms with Gasteiger partial charge in [0, 0.05) is 35.7 Å². The first-order valence-corrected chi connectivity index (χ1v) is 12.2. The Morgan fingerprint density at radius 1 is 1.11 bits per heavy atom. The molecule has 9 N–H and O–H groups in total. The smallest absolute Gasteiger partial charge is 0.275 e. The SMILES string of the molecule is C=C(Br)C(=O)Nc1nc(C(=O)Nc2c[nH]c(C(=O)Nc3n[nH]c(C(=O)NCCC(=N)N)c3C)c2C)cs1.Cl. The number of carbonyl (C=O) groups excluding carboxylic acids is 4. The summed E-state index contributed by atoms with van der Waals surface area (Å²) in [5.74, 6) is -1.89. The highest BCUT2D eigenvalue weighted by Gasteiger charge is 2.21. The molecule has 0 aromatic carbocycles. The molecule has 3 rings (SSSR count). The average Bonchev–Trinajstić information content (AvgIpc) is 3.53. The van der Waals surface area contributed by atoms with Gasteiger partial charge in [-0.2, -0.15) is 5.10 Å². The van der Waals surface area contributed by atoms with Crippen molar-refractivity contribution < 1.29 is 19.2 Å². The Bertz CT molecular complexity index is 1410. The summed E-state index contributed by atoms with van der Waals surface area (Å²) >= 11 is 4.04. The molecule has 0 aliphatic rings. The van der Waals surface area contributed by atoms with Crippen molar-refractivity contribution in [3.05, 3.63) is 50.8 Å². The van der Waals surface area contributed by atoms with E-state index in [1.54, 1.807) is 13.8 Å². The fourth-order valence-corrected chi connectivity index (χ4v) is 3.74. The second-order valence-electron chi connectivity index (χ2n) is 7.61. The highest BCUT2D eigenvalue weighted by Crippen LogP contribution is 2.23. The van der Waals surface area contributed by atoms with Gasteiger partial charge in [-0.3, -0.25) is 35.0 Å². The van der Waals surface area contributed by atoms with Crippen molar-refractivity contribution in [3.8, 4) is 0 Å². The van der Waals surface area contributed by atoms with Crippen LogP contribution in [0.1, 0.15) is 49.0 Å². The number of carbonyl (C=O) groups is 4. The third-order valence-corrected chi connectivity index (χ3v) is 6.09. The quantitative estimate of drug-likeness (QED) is 0.0952.